The number of pyridine rings is 1. The molecule has 152 valence electrons. The fourth-order valence-electron chi connectivity index (χ4n) is 2.65. The molecule has 0 aliphatic rings. The summed E-state index contributed by atoms with van der Waals surface area (Å²) < 4.78 is 11.3. The van der Waals surface area contributed by atoms with Gasteiger partial charge < -0.3 is 14.8 Å². The molecule has 0 saturated heterocycles. The third kappa shape index (κ3) is 6.04. The van der Waals surface area contributed by atoms with Crippen molar-refractivity contribution in [1.29, 1.82) is 0 Å². The Bertz CT molecular complexity index is 1020. The van der Waals surface area contributed by atoms with Crippen molar-refractivity contribution in [3.05, 3.63) is 90.3 Å². The van der Waals surface area contributed by atoms with Gasteiger partial charge in [0.2, 0.25) is 0 Å². The molecule has 1 N–H and O–H groups in total. The van der Waals surface area contributed by atoms with Gasteiger partial charge in [-0.05, 0) is 55.0 Å². The molecule has 0 saturated carbocycles. The molecule has 0 bridgehead atoms. The van der Waals surface area contributed by atoms with E-state index in [-0.39, 0.29) is 18.3 Å². The number of para-hydroxylation sites is 1. The molecule has 6 heteroatoms. The van der Waals surface area contributed by atoms with Crippen LogP contribution in [0.5, 0.6) is 11.5 Å². The molecule has 3 aromatic rings. The third-order valence-corrected chi connectivity index (χ3v) is 4.06. The Morgan fingerprint density at radius 3 is 2.57 bits per heavy atom. The molecule has 3 rings (SSSR count). The summed E-state index contributed by atoms with van der Waals surface area (Å²) >= 11 is 0. The van der Waals surface area contributed by atoms with Crippen LogP contribution < -0.4 is 14.8 Å². The predicted octanol–water partition coefficient (Wildman–Crippen LogP) is 4.39. The average molecular weight is 402 g/mol. The maximum Gasteiger partial charge on any atom is 0.262 e. The van der Waals surface area contributed by atoms with Crippen molar-refractivity contribution in [3.8, 4) is 11.5 Å². The van der Waals surface area contributed by atoms with Gasteiger partial charge in [-0.2, -0.15) is 0 Å². The van der Waals surface area contributed by atoms with E-state index in [1.165, 1.54) is 12.3 Å². The fourth-order valence-corrected chi connectivity index (χ4v) is 2.65. The van der Waals surface area contributed by atoms with Crippen LogP contribution in [0.1, 0.15) is 22.8 Å². The van der Waals surface area contributed by atoms with Gasteiger partial charge in [0.15, 0.2) is 23.9 Å². The highest BCUT2D eigenvalue weighted by molar-refractivity contribution is 6.06. The maximum absolute atomic E-state index is 12.2. The van der Waals surface area contributed by atoms with Crippen molar-refractivity contribution in [2.45, 2.75) is 6.92 Å². The Balaban J connectivity index is 1.65. The predicted molar refractivity (Wildman–Crippen MR) is 116 cm³/mol. The van der Waals surface area contributed by atoms with E-state index in [1.807, 2.05) is 25.1 Å². The van der Waals surface area contributed by atoms with E-state index in [0.29, 0.717) is 29.4 Å². The lowest BCUT2D eigenvalue weighted by molar-refractivity contribution is -0.118. The lowest BCUT2D eigenvalue weighted by atomic mass is 10.1. The summed E-state index contributed by atoms with van der Waals surface area (Å²) in [5.41, 5.74) is 2.00. The van der Waals surface area contributed by atoms with Gasteiger partial charge >= 0.3 is 0 Å². The lowest BCUT2D eigenvalue weighted by Crippen LogP contribution is -2.20. The minimum absolute atomic E-state index is 0.140. The second-order valence-corrected chi connectivity index (χ2v) is 6.28. The second-order valence-electron chi connectivity index (χ2n) is 6.28. The van der Waals surface area contributed by atoms with Crippen molar-refractivity contribution in [2.75, 3.05) is 18.5 Å². The molecule has 2 aromatic carbocycles. The first kappa shape index (κ1) is 20.8. The standard InChI is InChI=1S/C24H22N2O4/c1-2-29-23-15-18(10-12-21(27)19-7-6-14-25-16-19)11-13-22(23)30-17-24(28)26-20-8-4-3-5-9-20/h3-16H,2,17H2,1H3,(H,26,28)/b12-10+. The van der Waals surface area contributed by atoms with Gasteiger partial charge in [-0.25, -0.2) is 0 Å². The fraction of sp³-hybridized carbons (Fsp3) is 0.125. The Hall–Kier alpha value is -3.93. The van der Waals surface area contributed by atoms with Gasteiger partial charge in [-0.1, -0.05) is 30.3 Å². The van der Waals surface area contributed by atoms with E-state index in [1.54, 1.807) is 54.7 Å². The normalized spacial score (nSPS) is 10.6. The van der Waals surface area contributed by atoms with Crippen molar-refractivity contribution in [3.63, 3.8) is 0 Å². The van der Waals surface area contributed by atoms with Crippen LogP contribution in [0.2, 0.25) is 0 Å². The molecule has 0 spiro atoms. The maximum atomic E-state index is 12.2. The number of benzene rings is 2. The molecular formula is C24H22N2O4. The quantitative estimate of drug-likeness (QED) is 0.424. The van der Waals surface area contributed by atoms with Gasteiger partial charge in [0.05, 0.1) is 6.61 Å². The molecule has 0 aliphatic heterocycles. The van der Waals surface area contributed by atoms with E-state index < -0.39 is 0 Å². The summed E-state index contributed by atoms with van der Waals surface area (Å²) in [6.45, 7) is 2.15. The molecule has 0 aliphatic carbocycles. The first-order valence-corrected chi connectivity index (χ1v) is 9.52. The highest BCUT2D eigenvalue weighted by atomic mass is 16.5. The molecule has 6 nitrogen and oxygen atoms in total. The lowest BCUT2D eigenvalue weighted by Gasteiger charge is -2.12. The zero-order valence-corrected chi connectivity index (χ0v) is 16.6. The molecule has 1 amide bonds. The Kier molecular flexibility index (Phi) is 7.33. The monoisotopic (exact) mass is 402 g/mol. The van der Waals surface area contributed by atoms with E-state index in [9.17, 15) is 9.59 Å². The van der Waals surface area contributed by atoms with Gasteiger partial charge in [0.25, 0.3) is 5.91 Å². The highest BCUT2D eigenvalue weighted by Gasteiger charge is 2.09. The Morgan fingerprint density at radius 2 is 1.83 bits per heavy atom. The smallest absolute Gasteiger partial charge is 0.262 e. The van der Waals surface area contributed by atoms with Gasteiger partial charge in [-0.3, -0.25) is 14.6 Å². The topological polar surface area (TPSA) is 77.5 Å². The third-order valence-electron chi connectivity index (χ3n) is 4.06. The van der Waals surface area contributed by atoms with Crippen molar-refractivity contribution in [1.82, 2.24) is 4.98 Å². The molecule has 1 aromatic heterocycles. The number of allylic oxidation sites excluding steroid dienone is 1. The van der Waals surface area contributed by atoms with Crippen LogP contribution in [-0.4, -0.2) is 29.9 Å². The zero-order valence-electron chi connectivity index (χ0n) is 16.6. The summed E-state index contributed by atoms with van der Waals surface area (Å²) in [6.07, 6.45) is 6.32. The van der Waals surface area contributed by atoms with Gasteiger partial charge in [-0.15, -0.1) is 0 Å². The number of carbonyl (C=O) groups is 2. The number of ketones is 1. The number of nitrogens with one attached hydrogen (secondary N) is 1. The second kappa shape index (κ2) is 10.6. The Morgan fingerprint density at radius 1 is 1.00 bits per heavy atom. The van der Waals surface area contributed by atoms with E-state index in [4.69, 9.17) is 9.47 Å². The molecule has 0 fully saturated rings. The van der Waals surface area contributed by atoms with E-state index in [2.05, 4.69) is 10.3 Å². The largest absolute Gasteiger partial charge is 0.490 e. The first-order chi connectivity index (χ1) is 14.7. The number of nitrogens with zero attached hydrogens (tertiary/aromatic N) is 1. The SMILES string of the molecule is CCOc1cc(/C=C/C(=O)c2cccnc2)ccc1OCC(=O)Nc1ccccc1. The summed E-state index contributed by atoms with van der Waals surface area (Å²) in [7, 11) is 0. The first-order valence-electron chi connectivity index (χ1n) is 9.52. The van der Waals surface area contributed by atoms with Gasteiger partial charge in [0.1, 0.15) is 0 Å². The van der Waals surface area contributed by atoms with Crippen molar-refractivity contribution in [2.24, 2.45) is 0 Å². The van der Waals surface area contributed by atoms with Crippen molar-refractivity contribution >= 4 is 23.5 Å². The molecule has 0 atom stereocenters. The van der Waals surface area contributed by atoms with E-state index >= 15 is 0 Å². The average Bonchev–Trinajstić information content (AvgIpc) is 2.78. The number of hydrogen-bond donors (Lipinski definition) is 1. The Labute approximate surface area is 175 Å². The number of anilines is 1. The zero-order chi connectivity index (χ0) is 21.2. The van der Waals surface area contributed by atoms with Crippen LogP contribution in [0.4, 0.5) is 5.69 Å². The number of aromatic nitrogens is 1. The number of ether oxygens (including phenoxy) is 2. The number of rotatable bonds is 9. The summed E-state index contributed by atoms with van der Waals surface area (Å²) in [5.74, 6) is 0.547. The molecule has 30 heavy (non-hydrogen) atoms. The van der Waals surface area contributed by atoms with Crippen molar-refractivity contribution < 1.29 is 19.1 Å². The minimum Gasteiger partial charge on any atom is -0.490 e. The number of carbonyl (C=O) groups excluding carboxylic acids is 2. The molecule has 0 radical (unpaired) electrons. The molecule has 0 unspecified atom stereocenters. The summed E-state index contributed by atoms with van der Waals surface area (Å²) in [4.78, 5) is 28.2. The van der Waals surface area contributed by atoms with Crippen LogP contribution >= 0.6 is 0 Å². The van der Waals surface area contributed by atoms with Crippen LogP contribution in [-0.2, 0) is 4.79 Å². The van der Waals surface area contributed by atoms with Gasteiger partial charge in [0, 0.05) is 23.6 Å². The highest BCUT2D eigenvalue weighted by Crippen LogP contribution is 2.29. The summed E-state index contributed by atoms with van der Waals surface area (Å²) in [6, 6.07) is 17.9. The van der Waals surface area contributed by atoms with Crippen LogP contribution in [0.3, 0.4) is 0 Å². The van der Waals surface area contributed by atoms with Crippen LogP contribution in [0.15, 0.2) is 79.1 Å². The summed E-state index contributed by atoms with van der Waals surface area (Å²) in [5, 5.41) is 2.76. The van der Waals surface area contributed by atoms with Crippen LogP contribution in [0.25, 0.3) is 6.08 Å². The molecule has 1 heterocycles. The number of amides is 1. The van der Waals surface area contributed by atoms with E-state index in [0.717, 1.165) is 5.56 Å². The minimum atomic E-state index is -0.269. The number of hydrogen-bond acceptors (Lipinski definition) is 5. The molecular weight excluding hydrogens is 380 g/mol. The van der Waals surface area contributed by atoms with Crippen LogP contribution in [0, 0.1) is 0 Å².